The number of carbonyl (C=O) groups excluding carboxylic acids is 1. The van der Waals surface area contributed by atoms with E-state index >= 15 is 0 Å². The first-order valence-corrected chi connectivity index (χ1v) is 8.34. The molecule has 0 bridgehead atoms. The summed E-state index contributed by atoms with van der Waals surface area (Å²) in [6, 6.07) is 6.70. The van der Waals surface area contributed by atoms with E-state index in [-0.39, 0.29) is 5.91 Å². The van der Waals surface area contributed by atoms with Crippen LogP contribution in [0.2, 0.25) is 0 Å². The number of amides is 1. The van der Waals surface area contributed by atoms with E-state index in [0.29, 0.717) is 12.6 Å². The van der Waals surface area contributed by atoms with E-state index in [2.05, 4.69) is 58.2 Å². The van der Waals surface area contributed by atoms with Gasteiger partial charge in [-0.25, -0.2) is 0 Å². The molecule has 1 heterocycles. The molecule has 1 unspecified atom stereocenters. The third-order valence-corrected chi connectivity index (χ3v) is 4.69. The Morgan fingerprint density at radius 1 is 1.38 bits per heavy atom. The van der Waals surface area contributed by atoms with Gasteiger partial charge in [-0.3, -0.25) is 4.79 Å². The van der Waals surface area contributed by atoms with Crippen molar-refractivity contribution in [3.8, 4) is 0 Å². The third-order valence-electron chi connectivity index (χ3n) is 4.00. The Labute approximate surface area is 135 Å². The molecule has 0 saturated carbocycles. The van der Waals surface area contributed by atoms with E-state index in [4.69, 9.17) is 0 Å². The van der Waals surface area contributed by atoms with E-state index in [1.54, 1.807) is 0 Å². The van der Waals surface area contributed by atoms with Gasteiger partial charge in [0, 0.05) is 36.3 Å². The lowest BCUT2D eigenvalue weighted by Crippen LogP contribution is -2.34. The molecule has 1 aliphatic heterocycles. The van der Waals surface area contributed by atoms with Crippen LogP contribution in [0.3, 0.4) is 0 Å². The lowest BCUT2D eigenvalue weighted by molar-refractivity contribution is -0.127. The summed E-state index contributed by atoms with van der Waals surface area (Å²) in [5, 5.41) is 3.42. The van der Waals surface area contributed by atoms with Gasteiger partial charge in [0.15, 0.2) is 0 Å². The number of rotatable bonds is 4. The van der Waals surface area contributed by atoms with Gasteiger partial charge in [-0.1, -0.05) is 28.9 Å². The van der Waals surface area contributed by atoms with Crippen LogP contribution in [0.4, 0.5) is 5.69 Å². The molecule has 4 nitrogen and oxygen atoms in total. The Kier molecular flexibility index (Phi) is 5.65. The number of anilines is 1. The van der Waals surface area contributed by atoms with Crippen molar-refractivity contribution >= 4 is 27.5 Å². The average molecular weight is 354 g/mol. The standard InChI is InChI=1S/C16H24BrN3O/c1-4-18-12(2)14-7-6-13(10-15(14)17)20-9-5-8-19(3)16(21)11-20/h6-7,10,12,18H,4-5,8-9,11H2,1-3H3. The number of nitrogens with one attached hydrogen (secondary N) is 1. The fourth-order valence-electron chi connectivity index (χ4n) is 2.69. The lowest BCUT2D eigenvalue weighted by Gasteiger charge is -2.23. The fraction of sp³-hybridized carbons (Fsp3) is 0.562. The van der Waals surface area contributed by atoms with E-state index in [1.807, 2.05) is 11.9 Å². The molecule has 0 spiro atoms. The van der Waals surface area contributed by atoms with Gasteiger partial charge in [0.1, 0.15) is 0 Å². The molecule has 1 atom stereocenters. The smallest absolute Gasteiger partial charge is 0.241 e. The highest BCUT2D eigenvalue weighted by molar-refractivity contribution is 9.10. The molecule has 0 aromatic heterocycles. The predicted octanol–water partition coefficient (Wildman–Crippen LogP) is 2.79. The quantitative estimate of drug-likeness (QED) is 0.903. The zero-order valence-electron chi connectivity index (χ0n) is 13.0. The molecule has 2 rings (SSSR count). The average Bonchev–Trinajstić information content (AvgIpc) is 2.61. The van der Waals surface area contributed by atoms with Crippen molar-refractivity contribution < 1.29 is 4.79 Å². The summed E-state index contributed by atoms with van der Waals surface area (Å²) in [6.45, 7) is 7.44. The molecule has 0 aliphatic carbocycles. The van der Waals surface area contributed by atoms with Crippen LogP contribution in [0.1, 0.15) is 31.9 Å². The van der Waals surface area contributed by atoms with Crippen LogP contribution in [0, 0.1) is 0 Å². The van der Waals surface area contributed by atoms with Gasteiger partial charge in [-0.15, -0.1) is 0 Å². The molecule has 116 valence electrons. The molecule has 1 aliphatic rings. The summed E-state index contributed by atoms with van der Waals surface area (Å²) in [5.41, 5.74) is 2.36. The Morgan fingerprint density at radius 3 is 2.81 bits per heavy atom. The maximum Gasteiger partial charge on any atom is 0.241 e. The summed E-state index contributed by atoms with van der Waals surface area (Å²) < 4.78 is 1.10. The summed E-state index contributed by atoms with van der Waals surface area (Å²) >= 11 is 3.67. The van der Waals surface area contributed by atoms with Crippen molar-refractivity contribution in [2.45, 2.75) is 26.3 Å². The van der Waals surface area contributed by atoms with Crippen LogP contribution >= 0.6 is 15.9 Å². The zero-order chi connectivity index (χ0) is 15.4. The second-order valence-corrected chi connectivity index (χ2v) is 6.43. The first-order chi connectivity index (χ1) is 10.0. The summed E-state index contributed by atoms with van der Waals surface area (Å²) in [5.74, 6) is 0.189. The van der Waals surface area contributed by atoms with Crippen LogP contribution in [-0.2, 0) is 4.79 Å². The molecule has 1 amide bonds. The van der Waals surface area contributed by atoms with Crippen LogP contribution in [0.15, 0.2) is 22.7 Å². The van der Waals surface area contributed by atoms with Gasteiger partial charge >= 0.3 is 0 Å². The van der Waals surface area contributed by atoms with Crippen molar-refractivity contribution in [3.05, 3.63) is 28.2 Å². The Balaban J connectivity index is 2.17. The van der Waals surface area contributed by atoms with Crippen molar-refractivity contribution in [1.82, 2.24) is 10.2 Å². The number of nitrogens with zero attached hydrogens (tertiary/aromatic N) is 2. The second-order valence-electron chi connectivity index (χ2n) is 5.58. The Bertz CT molecular complexity index is 506. The number of benzene rings is 1. The maximum absolute atomic E-state index is 12.0. The van der Waals surface area contributed by atoms with E-state index in [0.717, 1.165) is 36.2 Å². The number of hydrogen-bond donors (Lipinski definition) is 1. The van der Waals surface area contributed by atoms with Crippen LogP contribution in [0.25, 0.3) is 0 Å². The number of likely N-dealkylation sites (N-methyl/N-ethyl adjacent to an activating group) is 1. The van der Waals surface area contributed by atoms with Gasteiger partial charge in [0.2, 0.25) is 5.91 Å². The number of carbonyl (C=O) groups is 1. The molecule has 21 heavy (non-hydrogen) atoms. The monoisotopic (exact) mass is 353 g/mol. The Hall–Kier alpha value is -1.07. The Morgan fingerprint density at radius 2 is 2.14 bits per heavy atom. The largest absolute Gasteiger partial charge is 0.362 e. The van der Waals surface area contributed by atoms with Crippen molar-refractivity contribution in [3.63, 3.8) is 0 Å². The van der Waals surface area contributed by atoms with Gasteiger partial charge in [-0.2, -0.15) is 0 Å². The molecule has 1 aromatic carbocycles. The van der Waals surface area contributed by atoms with Crippen molar-refractivity contribution in [1.29, 1.82) is 0 Å². The summed E-state index contributed by atoms with van der Waals surface area (Å²) in [6.07, 6.45) is 1.01. The van der Waals surface area contributed by atoms with Crippen LogP contribution in [-0.4, -0.2) is 44.0 Å². The highest BCUT2D eigenvalue weighted by atomic mass is 79.9. The maximum atomic E-state index is 12.0. The molecule has 1 saturated heterocycles. The van der Waals surface area contributed by atoms with Gasteiger partial charge in [-0.05, 0) is 37.6 Å². The number of hydrogen-bond acceptors (Lipinski definition) is 3. The van der Waals surface area contributed by atoms with Gasteiger partial charge in [0.05, 0.1) is 6.54 Å². The minimum absolute atomic E-state index is 0.189. The fourth-order valence-corrected chi connectivity index (χ4v) is 3.40. The second kappa shape index (κ2) is 7.27. The number of halogens is 1. The highest BCUT2D eigenvalue weighted by Gasteiger charge is 2.20. The van der Waals surface area contributed by atoms with E-state index in [9.17, 15) is 4.79 Å². The van der Waals surface area contributed by atoms with Crippen LogP contribution in [0.5, 0.6) is 0 Å². The SMILES string of the molecule is CCNC(C)c1ccc(N2CCCN(C)C(=O)C2)cc1Br. The minimum atomic E-state index is 0.189. The van der Waals surface area contributed by atoms with Crippen LogP contribution < -0.4 is 10.2 Å². The molecule has 1 N–H and O–H groups in total. The topological polar surface area (TPSA) is 35.6 Å². The highest BCUT2D eigenvalue weighted by Crippen LogP contribution is 2.29. The molecule has 1 aromatic rings. The molecular formula is C16H24BrN3O. The first kappa shape index (κ1) is 16.3. The van der Waals surface area contributed by atoms with E-state index < -0.39 is 0 Å². The first-order valence-electron chi connectivity index (χ1n) is 7.54. The zero-order valence-corrected chi connectivity index (χ0v) is 14.6. The summed E-state index contributed by atoms with van der Waals surface area (Å²) in [7, 11) is 1.88. The van der Waals surface area contributed by atoms with Gasteiger partial charge in [0.25, 0.3) is 0 Å². The summed E-state index contributed by atoms with van der Waals surface area (Å²) in [4.78, 5) is 16.0. The van der Waals surface area contributed by atoms with Crippen molar-refractivity contribution in [2.75, 3.05) is 38.1 Å². The molecule has 5 heteroatoms. The lowest BCUT2D eigenvalue weighted by atomic mass is 10.1. The molecular weight excluding hydrogens is 330 g/mol. The normalized spacial score (nSPS) is 17.8. The van der Waals surface area contributed by atoms with E-state index in [1.165, 1.54) is 5.56 Å². The molecule has 1 fully saturated rings. The predicted molar refractivity (Wildman–Crippen MR) is 90.7 cm³/mol. The molecule has 0 radical (unpaired) electrons. The third kappa shape index (κ3) is 3.98. The van der Waals surface area contributed by atoms with Crippen molar-refractivity contribution in [2.24, 2.45) is 0 Å². The van der Waals surface area contributed by atoms with Gasteiger partial charge < -0.3 is 15.1 Å². The minimum Gasteiger partial charge on any atom is -0.362 e.